The molecule has 0 aromatic rings. The Labute approximate surface area is 132 Å². The molecule has 0 aromatic carbocycles. The summed E-state index contributed by atoms with van der Waals surface area (Å²) in [6, 6.07) is -0.410. The monoisotopic (exact) mass is 304 g/mol. The van der Waals surface area contributed by atoms with Crippen molar-refractivity contribution >= 4 is 13.0 Å². The Balaban J connectivity index is 1.78. The van der Waals surface area contributed by atoms with Crippen molar-refractivity contribution in [3.63, 3.8) is 0 Å². The topological polar surface area (TPSA) is 73.6 Å². The van der Waals surface area contributed by atoms with Crippen LogP contribution in [0.15, 0.2) is 23.3 Å². The molecule has 2 heterocycles. The average Bonchev–Trinajstić information content (AvgIpc) is 2.55. The van der Waals surface area contributed by atoms with Crippen molar-refractivity contribution in [2.45, 2.75) is 64.2 Å². The first kappa shape index (κ1) is 15.8. The molecule has 0 aromatic heterocycles. The summed E-state index contributed by atoms with van der Waals surface area (Å²) < 4.78 is 12.2. The largest absolute Gasteiger partial charge is 0.490 e. The lowest BCUT2D eigenvalue weighted by Gasteiger charge is -2.32. The van der Waals surface area contributed by atoms with E-state index in [1.165, 1.54) is 0 Å². The van der Waals surface area contributed by atoms with Crippen LogP contribution >= 0.6 is 0 Å². The maximum atomic E-state index is 11.8. The summed E-state index contributed by atoms with van der Waals surface area (Å²) in [6.07, 6.45) is 6.46. The summed E-state index contributed by atoms with van der Waals surface area (Å²) in [5.41, 5.74) is 7.30. The van der Waals surface area contributed by atoms with Crippen molar-refractivity contribution in [1.82, 2.24) is 5.32 Å². The van der Waals surface area contributed by atoms with Crippen LogP contribution in [-0.4, -0.2) is 30.3 Å². The molecule has 0 spiro atoms. The first-order chi connectivity index (χ1) is 10.2. The van der Waals surface area contributed by atoms with Crippen LogP contribution in [0.2, 0.25) is 0 Å². The highest BCUT2D eigenvalue weighted by molar-refractivity contribution is 6.54. The predicted octanol–water partition coefficient (Wildman–Crippen LogP) is 1.69. The lowest BCUT2D eigenvalue weighted by atomic mass is 9.70. The molecule has 22 heavy (non-hydrogen) atoms. The first-order valence-corrected chi connectivity index (χ1v) is 8.02. The molecule has 2 aliphatic heterocycles. The van der Waals surface area contributed by atoms with Crippen molar-refractivity contribution in [2.24, 2.45) is 11.7 Å². The Morgan fingerprint density at radius 1 is 1.18 bits per heavy atom. The lowest BCUT2D eigenvalue weighted by molar-refractivity contribution is -0.121. The number of fused-ring (bicyclic) bond motifs is 1. The van der Waals surface area contributed by atoms with Crippen molar-refractivity contribution in [2.75, 3.05) is 0 Å². The second-order valence-corrected chi connectivity index (χ2v) is 7.53. The fraction of sp³-hybridized carbons (Fsp3) is 0.688. The summed E-state index contributed by atoms with van der Waals surface area (Å²) in [4.78, 5) is 11.8. The Bertz CT molecular complexity index is 538. The lowest BCUT2D eigenvalue weighted by Crippen LogP contribution is -2.41. The standard InChI is InChI=1S/C16H25BN2O3/c1-15(2)16(3,4)22-17(21-15)11-6-8-13-10(9-11)5-7-12(18)14(20)19-13/h6,8,10,12H,5,7,9,18H2,1-4H3,(H,19,20)/t10?,12-/m0/s1. The van der Waals surface area contributed by atoms with E-state index in [9.17, 15) is 4.79 Å². The molecule has 1 unspecified atom stereocenters. The molecular formula is C16H25BN2O3. The van der Waals surface area contributed by atoms with Gasteiger partial charge in [0.2, 0.25) is 5.91 Å². The van der Waals surface area contributed by atoms with Crippen LogP contribution in [0.1, 0.15) is 47.0 Å². The van der Waals surface area contributed by atoms with Crippen molar-refractivity contribution < 1.29 is 14.1 Å². The smallest absolute Gasteiger partial charge is 0.400 e. The molecule has 6 heteroatoms. The molecule has 5 nitrogen and oxygen atoms in total. The number of nitrogens with one attached hydrogen (secondary N) is 1. The van der Waals surface area contributed by atoms with E-state index in [1.807, 2.05) is 12.2 Å². The van der Waals surface area contributed by atoms with Gasteiger partial charge >= 0.3 is 7.12 Å². The maximum absolute atomic E-state index is 11.8. The predicted molar refractivity (Wildman–Crippen MR) is 85.7 cm³/mol. The minimum absolute atomic E-state index is 0.0822. The van der Waals surface area contributed by atoms with Crippen LogP contribution in [0.3, 0.4) is 0 Å². The minimum atomic E-state index is -0.410. The summed E-state index contributed by atoms with van der Waals surface area (Å²) in [7, 11) is -0.310. The molecule has 1 aliphatic carbocycles. The van der Waals surface area contributed by atoms with Crippen LogP contribution in [0.25, 0.3) is 0 Å². The third kappa shape index (κ3) is 2.64. The summed E-state index contributed by atoms with van der Waals surface area (Å²) in [5.74, 6) is 0.206. The third-order valence-corrected chi connectivity index (χ3v) is 5.39. The summed E-state index contributed by atoms with van der Waals surface area (Å²) >= 11 is 0. The summed E-state index contributed by atoms with van der Waals surface area (Å²) in [5, 5.41) is 2.95. The Morgan fingerprint density at radius 3 is 2.45 bits per heavy atom. The van der Waals surface area contributed by atoms with Gasteiger partial charge < -0.3 is 20.4 Å². The highest BCUT2D eigenvalue weighted by atomic mass is 16.7. The molecule has 2 saturated heterocycles. The van der Waals surface area contributed by atoms with Gasteiger partial charge in [0.05, 0.1) is 17.2 Å². The molecule has 0 bridgehead atoms. The van der Waals surface area contributed by atoms with E-state index in [-0.39, 0.29) is 30.1 Å². The van der Waals surface area contributed by atoms with E-state index >= 15 is 0 Å². The van der Waals surface area contributed by atoms with Gasteiger partial charge in [0.25, 0.3) is 0 Å². The summed E-state index contributed by atoms with van der Waals surface area (Å²) in [6.45, 7) is 8.23. The van der Waals surface area contributed by atoms with Gasteiger partial charge in [-0.2, -0.15) is 0 Å². The van der Waals surface area contributed by atoms with E-state index in [1.54, 1.807) is 0 Å². The van der Waals surface area contributed by atoms with Gasteiger partial charge in [-0.1, -0.05) is 6.08 Å². The SMILES string of the molecule is CC1(C)OB(C2=CC=C3NC(=O)[C@@H](N)CCC3C2)OC1(C)C. The van der Waals surface area contributed by atoms with E-state index in [2.05, 4.69) is 33.0 Å². The Kier molecular flexibility index (Phi) is 3.74. The van der Waals surface area contributed by atoms with E-state index < -0.39 is 6.04 Å². The van der Waals surface area contributed by atoms with Crippen LogP contribution in [0, 0.1) is 5.92 Å². The van der Waals surface area contributed by atoms with E-state index in [4.69, 9.17) is 15.0 Å². The number of amides is 1. The van der Waals surface area contributed by atoms with Gasteiger partial charge in [-0.15, -0.1) is 0 Å². The molecular weight excluding hydrogens is 279 g/mol. The third-order valence-electron chi connectivity index (χ3n) is 5.39. The van der Waals surface area contributed by atoms with E-state index in [0.717, 1.165) is 24.0 Å². The van der Waals surface area contributed by atoms with Crippen LogP contribution in [0.4, 0.5) is 0 Å². The van der Waals surface area contributed by atoms with Gasteiger partial charge in [-0.3, -0.25) is 4.79 Å². The maximum Gasteiger partial charge on any atom is 0.490 e. The number of rotatable bonds is 1. The fourth-order valence-electron chi connectivity index (χ4n) is 3.11. The van der Waals surface area contributed by atoms with Gasteiger partial charge in [0, 0.05) is 11.6 Å². The molecule has 3 rings (SSSR count). The fourth-order valence-corrected chi connectivity index (χ4v) is 3.11. The quantitative estimate of drug-likeness (QED) is 0.723. The van der Waals surface area contributed by atoms with Crippen LogP contribution < -0.4 is 11.1 Å². The minimum Gasteiger partial charge on any atom is -0.400 e. The average molecular weight is 304 g/mol. The number of nitrogens with two attached hydrogens (primary N) is 1. The molecule has 2 atom stereocenters. The second-order valence-electron chi connectivity index (χ2n) is 7.53. The van der Waals surface area contributed by atoms with Crippen LogP contribution in [-0.2, 0) is 14.1 Å². The number of carbonyl (C=O) groups excluding carboxylic acids is 1. The zero-order valence-electron chi connectivity index (χ0n) is 13.8. The van der Waals surface area contributed by atoms with Gasteiger partial charge in [0.1, 0.15) is 0 Å². The van der Waals surface area contributed by atoms with E-state index in [0.29, 0.717) is 6.42 Å². The number of hydrogen-bond donors (Lipinski definition) is 2. The highest BCUT2D eigenvalue weighted by Gasteiger charge is 2.52. The molecule has 1 amide bonds. The Morgan fingerprint density at radius 2 is 1.82 bits per heavy atom. The van der Waals surface area contributed by atoms with Gasteiger partial charge in [-0.05, 0) is 58.5 Å². The zero-order valence-corrected chi connectivity index (χ0v) is 13.8. The molecule has 0 radical (unpaired) electrons. The highest BCUT2D eigenvalue weighted by Crippen LogP contribution is 2.41. The molecule has 2 fully saturated rings. The van der Waals surface area contributed by atoms with Gasteiger partial charge in [0.15, 0.2) is 0 Å². The van der Waals surface area contributed by atoms with Crippen molar-refractivity contribution in [1.29, 1.82) is 0 Å². The molecule has 3 aliphatic rings. The normalized spacial score (nSPS) is 33.5. The second kappa shape index (κ2) is 5.22. The van der Waals surface area contributed by atoms with Crippen LogP contribution in [0.5, 0.6) is 0 Å². The molecule has 3 N–H and O–H groups in total. The number of hydrogen-bond acceptors (Lipinski definition) is 4. The van der Waals surface area contributed by atoms with Gasteiger partial charge in [-0.25, -0.2) is 0 Å². The molecule has 0 saturated carbocycles. The number of carbonyl (C=O) groups is 1. The Hall–Kier alpha value is -1.11. The zero-order chi connectivity index (χ0) is 16.1. The van der Waals surface area contributed by atoms with Crippen molar-refractivity contribution in [3.8, 4) is 0 Å². The number of allylic oxidation sites excluding steroid dienone is 4. The molecule has 120 valence electrons. The first-order valence-electron chi connectivity index (χ1n) is 8.02. The van der Waals surface area contributed by atoms with Crippen molar-refractivity contribution in [3.05, 3.63) is 23.3 Å².